The van der Waals surface area contributed by atoms with Crippen LogP contribution in [0.15, 0.2) is 12.1 Å². The van der Waals surface area contributed by atoms with Gasteiger partial charge in [0.2, 0.25) is 5.91 Å². The number of carbonyl (C=O) groups excluding carboxylic acids is 2. The average Bonchev–Trinajstić information content (AvgIpc) is 2.71. The van der Waals surface area contributed by atoms with Crippen molar-refractivity contribution in [3.63, 3.8) is 0 Å². The monoisotopic (exact) mass is 235 g/mol. The van der Waals surface area contributed by atoms with E-state index in [4.69, 9.17) is 5.73 Å². The van der Waals surface area contributed by atoms with Crippen molar-refractivity contribution < 1.29 is 14.0 Å². The van der Waals surface area contributed by atoms with Crippen LogP contribution in [0.1, 0.15) is 29.5 Å². The molecule has 1 aliphatic rings. The van der Waals surface area contributed by atoms with E-state index in [9.17, 15) is 14.0 Å². The Hall–Kier alpha value is -1.71. The minimum atomic E-state index is -0.509. The zero-order valence-corrected chi connectivity index (χ0v) is 9.57. The van der Waals surface area contributed by atoms with Crippen LogP contribution in [-0.2, 0) is 22.4 Å². The first-order valence-electron chi connectivity index (χ1n) is 5.58. The Labute approximate surface area is 98.8 Å². The predicted molar refractivity (Wildman–Crippen MR) is 61.0 cm³/mol. The second-order valence-electron chi connectivity index (χ2n) is 4.57. The smallest absolute Gasteiger partial charge is 0.224 e. The highest BCUT2D eigenvalue weighted by molar-refractivity contribution is 5.81. The van der Waals surface area contributed by atoms with Gasteiger partial charge in [-0.2, -0.15) is 0 Å². The Kier molecular flexibility index (Phi) is 2.96. The standard InChI is InChI=1S/C13H14FNO2/c1-7(13(15)17)9-4-10-2-8(6-16)3-11(10)12(14)5-9/h4-8H,2-3H2,1H3,(H2,15,17). The molecule has 2 N–H and O–H groups in total. The van der Waals surface area contributed by atoms with Crippen molar-refractivity contribution >= 4 is 12.2 Å². The van der Waals surface area contributed by atoms with Gasteiger partial charge < -0.3 is 10.5 Å². The van der Waals surface area contributed by atoms with Crippen molar-refractivity contribution in [2.75, 3.05) is 0 Å². The summed E-state index contributed by atoms with van der Waals surface area (Å²) >= 11 is 0. The normalized spacial score (nSPS) is 19.8. The summed E-state index contributed by atoms with van der Waals surface area (Å²) in [5.74, 6) is -1.46. The molecule has 90 valence electrons. The number of halogens is 1. The number of benzene rings is 1. The Morgan fingerprint density at radius 3 is 2.82 bits per heavy atom. The molecule has 0 saturated heterocycles. The van der Waals surface area contributed by atoms with E-state index in [1.807, 2.05) is 0 Å². The molecule has 0 fully saturated rings. The van der Waals surface area contributed by atoms with Crippen LogP contribution in [0.25, 0.3) is 0 Å². The van der Waals surface area contributed by atoms with Gasteiger partial charge in [-0.3, -0.25) is 4.79 Å². The van der Waals surface area contributed by atoms with Gasteiger partial charge in [-0.05, 0) is 42.5 Å². The van der Waals surface area contributed by atoms with E-state index in [1.54, 1.807) is 13.0 Å². The van der Waals surface area contributed by atoms with Gasteiger partial charge in [0.15, 0.2) is 0 Å². The summed E-state index contributed by atoms with van der Waals surface area (Å²) in [4.78, 5) is 21.8. The van der Waals surface area contributed by atoms with Crippen LogP contribution in [-0.4, -0.2) is 12.2 Å². The first-order valence-corrected chi connectivity index (χ1v) is 5.58. The molecular formula is C13H14FNO2. The van der Waals surface area contributed by atoms with Crippen LogP contribution < -0.4 is 5.73 Å². The van der Waals surface area contributed by atoms with Crippen molar-refractivity contribution in [3.8, 4) is 0 Å². The molecule has 0 radical (unpaired) electrons. The van der Waals surface area contributed by atoms with Gasteiger partial charge in [0.25, 0.3) is 0 Å². The van der Waals surface area contributed by atoms with Crippen LogP contribution in [0.2, 0.25) is 0 Å². The van der Waals surface area contributed by atoms with Gasteiger partial charge in [-0.15, -0.1) is 0 Å². The zero-order valence-electron chi connectivity index (χ0n) is 9.57. The average molecular weight is 235 g/mol. The highest BCUT2D eigenvalue weighted by Gasteiger charge is 2.26. The summed E-state index contributed by atoms with van der Waals surface area (Å²) in [6.45, 7) is 1.65. The topological polar surface area (TPSA) is 60.2 Å². The molecule has 2 unspecified atom stereocenters. The molecule has 1 aromatic carbocycles. The lowest BCUT2D eigenvalue weighted by Gasteiger charge is -2.10. The Morgan fingerprint density at radius 1 is 1.53 bits per heavy atom. The molecule has 0 bridgehead atoms. The molecule has 0 saturated carbocycles. The number of hydrogen-bond donors (Lipinski definition) is 1. The number of carbonyl (C=O) groups is 2. The van der Waals surface area contributed by atoms with E-state index in [2.05, 4.69) is 0 Å². The van der Waals surface area contributed by atoms with Crippen LogP contribution in [0.4, 0.5) is 4.39 Å². The summed E-state index contributed by atoms with van der Waals surface area (Å²) < 4.78 is 13.8. The summed E-state index contributed by atoms with van der Waals surface area (Å²) in [5.41, 5.74) is 7.21. The fraction of sp³-hybridized carbons (Fsp3) is 0.385. The molecule has 0 aliphatic heterocycles. The summed E-state index contributed by atoms with van der Waals surface area (Å²) in [6, 6.07) is 3.14. The van der Waals surface area contributed by atoms with Gasteiger partial charge >= 0.3 is 0 Å². The number of hydrogen-bond acceptors (Lipinski definition) is 2. The second kappa shape index (κ2) is 4.28. The number of fused-ring (bicyclic) bond motifs is 1. The molecule has 0 aromatic heterocycles. The number of nitrogens with two attached hydrogens (primary N) is 1. The van der Waals surface area contributed by atoms with E-state index in [-0.39, 0.29) is 11.7 Å². The third kappa shape index (κ3) is 2.07. The largest absolute Gasteiger partial charge is 0.369 e. The molecule has 1 aliphatic carbocycles. The van der Waals surface area contributed by atoms with Gasteiger partial charge in [-0.1, -0.05) is 6.07 Å². The van der Waals surface area contributed by atoms with Gasteiger partial charge in [0, 0.05) is 5.92 Å². The quantitative estimate of drug-likeness (QED) is 0.803. The third-order valence-electron chi connectivity index (χ3n) is 3.38. The van der Waals surface area contributed by atoms with Crippen molar-refractivity contribution in [1.29, 1.82) is 0 Å². The van der Waals surface area contributed by atoms with Crippen LogP contribution in [0.5, 0.6) is 0 Å². The van der Waals surface area contributed by atoms with Crippen molar-refractivity contribution in [2.24, 2.45) is 11.7 Å². The summed E-state index contributed by atoms with van der Waals surface area (Å²) in [7, 11) is 0. The number of amides is 1. The zero-order chi connectivity index (χ0) is 12.6. The van der Waals surface area contributed by atoms with Crippen LogP contribution in [0, 0.1) is 11.7 Å². The van der Waals surface area contributed by atoms with Crippen molar-refractivity contribution in [2.45, 2.75) is 25.7 Å². The minimum Gasteiger partial charge on any atom is -0.369 e. The third-order valence-corrected chi connectivity index (χ3v) is 3.38. The molecule has 17 heavy (non-hydrogen) atoms. The highest BCUT2D eigenvalue weighted by Crippen LogP contribution is 2.31. The molecular weight excluding hydrogens is 221 g/mol. The van der Waals surface area contributed by atoms with Crippen molar-refractivity contribution in [3.05, 3.63) is 34.6 Å². The molecule has 1 aromatic rings. The molecule has 0 spiro atoms. The lowest BCUT2D eigenvalue weighted by Crippen LogP contribution is -2.19. The van der Waals surface area contributed by atoms with E-state index in [0.29, 0.717) is 24.0 Å². The van der Waals surface area contributed by atoms with Gasteiger partial charge in [0.05, 0.1) is 5.92 Å². The first kappa shape index (κ1) is 11.8. The maximum absolute atomic E-state index is 13.8. The lowest BCUT2D eigenvalue weighted by molar-refractivity contribution is -0.119. The maximum atomic E-state index is 13.8. The maximum Gasteiger partial charge on any atom is 0.224 e. The van der Waals surface area contributed by atoms with Crippen LogP contribution >= 0.6 is 0 Å². The van der Waals surface area contributed by atoms with E-state index in [0.717, 1.165) is 11.8 Å². The SMILES string of the molecule is CC(C(N)=O)c1cc(F)c2c(c1)CC(C=O)C2. The van der Waals surface area contributed by atoms with Gasteiger partial charge in [0.1, 0.15) is 12.1 Å². The fourth-order valence-corrected chi connectivity index (χ4v) is 2.25. The second-order valence-corrected chi connectivity index (χ2v) is 4.57. The van der Waals surface area contributed by atoms with E-state index in [1.165, 1.54) is 6.07 Å². The fourth-order valence-electron chi connectivity index (χ4n) is 2.25. The van der Waals surface area contributed by atoms with Crippen molar-refractivity contribution in [1.82, 2.24) is 0 Å². The number of rotatable bonds is 3. The number of primary amides is 1. The van der Waals surface area contributed by atoms with E-state index >= 15 is 0 Å². The molecule has 4 heteroatoms. The molecule has 3 nitrogen and oxygen atoms in total. The molecule has 1 amide bonds. The molecule has 2 rings (SSSR count). The summed E-state index contributed by atoms with van der Waals surface area (Å²) in [5, 5.41) is 0. The Morgan fingerprint density at radius 2 is 2.24 bits per heavy atom. The van der Waals surface area contributed by atoms with Gasteiger partial charge in [-0.25, -0.2) is 4.39 Å². The Balaban J connectivity index is 2.40. The lowest BCUT2D eigenvalue weighted by atomic mass is 9.96. The minimum absolute atomic E-state index is 0.140. The first-order chi connectivity index (χ1) is 8.02. The van der Waals surface area contributed by atoms with E-state index < -0.39 is 11.8 Å². The van der Waals surface area contributed by atoms with Crippen LogP contribution in [0.3, 0.4) is 0 Å². The predicted octanol–water partition coefficient (Wildman–Crippen LogP) is 1.33. The number of aldehydes is 1. The molecule has 0 heterocycles. The summed E-state index contributed by atoms with van der Waals surface area (Å²) in [6.07, 6.45) is 1.86. The molecule has 2 atom stereocenters. The highest BCUT2D eigenvalue weighted by atomic mass is 19.1. The Bertz CT molecular complexity index is 485.